The Hall–Kier alpha value is -2.08. The van der Waals surface area contributed by atoms with Crippen LogP contribution in [0.25, 0.3) is 5.57 Å². The zero-order valence-corrected chi connectivity index (χ0v) is 9.64. The van der Waals surface area contributed by atoms with Crippen molar-refractivity contribution in [2.75, 3.05) is 0 Å². The minimum absolute atomic E-state index is 0.403. The summed E-state index contributed by atoms with van der Waals surface area (Å²) in [7, 11) is 0. The van der Waals surface area contributed by atoms with Crippen LogP contribution in [0.15, 0.2) is 84.5 Å². The Labute approximate surface area is 102 Å². The van der Waals surface area contributed by atoms with Crippen LogP contribution >= 0.6 is 0 Å². The molecule has 0 heteroatoms. The van der Waals surface area contributed by atoms with Crippen molar-refractivity contribution in [3.8, 4) is 0 Å². The third-order valence-electron chi connectivity index (χ3n) is 3.24. The molecular weight excluding hydrogens is 204 g/mol. The lowest BCUT2D eigenvalue weighted by molar-refractivity contribution is 1.03. The smallest absolute Gasteiger partial charge is 0.0211 e. The highest BCUT2D eigenvalue weighted by molar-refractivity contribution is 5.89. The molecular formula is C17H14. The first-order valence-electron chi connectivity index (χ1n) is 5.88. The van der Waals surface area contributed by atoms with E-state index in [2.05, 4.69) is 67.3 Å². The largest absolute Gasteiger partial charge is 0.0911 e. The summed E-state index contributed by atoms with van der Waals surface area (Å²) in [5.41, 5.74) is 5.00. The molecule has 0 saturated carbocycles. The van der Waals surface area contributed by atoms with Crippen molar-refractivity contribution >= 4 is 5.57 Å². The maximum absolute atomic E-state index is 4.14. The molecule has 0 aliphatic heterocycles. The Bertz CT molecular complexity index is 553. The van der Waals surface area contributed by atoms with Gasteiger partial charge in [-0.25, -0.2) is 0 Å². The zero-order chi connectivity index (χ0) is 11.7. The van der Waals surface area contributed by atoms with Gasteiger partial charge in [0.25, 0.3) is 0 Å². The second-order valence-electron chi connectivity index (χ2n) is 4.35. The first-order chi connectivity index (χ1) is 8.36. The van der Waals surface area contributed by atoms with Gasteiger partial charge < -0.3 is 0 Å². The summed E-state index contributed by atoms with van der Waals surface area (Å²) in [4.78, 5) is 0. The van der Waals surface area contributed by atoms with Crippen molar-refractivity contribution in [1.29, 1.82) is 0 Å². The molecule has 0 N–H and O–H groups in total. The van der Waals surface area contributed by atoms with E-state index < -0.39 is 0 Å². The summed E-state index contributed by atoms with van der Waals surface area (Å²) in [6.45, 7) is 4.14. The van der Waals surface area contributed by atoms with Gasteiger partial charge in [0, 0.05) is 5.92 Å². The monoisotopic (exact) mass is 218 g/mol. The summed E-state index contributed by atoms with van der Waals surface area (Å²) in [6, 6.07) is 10.5. The van der Waals surface area contributed by atoms with Crippen LogP contribution in [0.5, 0.6) is 0 Å². The molecule has 1 aromatic rings. The number of benzene rings is 1. The highest BCUT2D eigenvalue weighted by Gasteiger charge is 2.19. The average Bonchev–Trinajstić information content (AvgIpc) is 2.98. The van der Waals surface area contributed by atoms with Crippen molar-refractivity contribution in [3.05, 3.63) is 90.1 Å². The molecule has 0 radical (unpaired) electrons. The normalized spacial score (nSPS) is 18.7. The summed E-state index contributed by atoms with van der Waals surface area (Å²) >= 11 is 0. The fourth-order valence-corrected chi connectivity index (χ4v) is 2.42. The predicted octanol–water partition coefficient (Wildman–Crippen LogP) is 4.31. The molecule has 0 amide bonds. The predicted molar refractivity (Wildman–Crippen MR) is 73.4 cm³/mol. The van der Waals surface area contributed by atoms with E-state index in [0.29, 0.717) is 5.92 Å². The van der Waals surface area contributed by atoms with Crippen LogP contribution in [0, 0.1) is 5.92 Å². The number of hydrogen-bond donors (Lipinski definition) is 0. The first-order valence-corrected chi connectivity index (χ1v) is 5.88. The SMILES string of the molecule is C=C1C=CC(C2C=CC=C2)=C1c1ccccc1. The van der Waals surface area contributed by atoms with Crippen LogP contribution in [0.2, 0.25) is 0 Å². The molecule has 3 rings (SSSR count). The van der Waals surface area contributed by atoms with Crippen LogP contribution < -0.4 is 0 Å². The molecule has 0 saturated heterocycles. The maximum atomic E-state index is 4.14. The molecule has 0 heterocycles. The number of allylic oxidation sites excluding steroid dienone is 9. The van der Waals surface area contributed by atoms with E-state index >= 15 is 0 Å². The van der Waals surface area contributed by atoms with Gasteiger partial charge in [-0.15, -0.1) is 0 Å². The molecule has 0 spiro atoms. The summed E-state index contributed by atoms with van der Waals surface area (Å²) in [6.07, 6.45) is 13.0. The lowest BCUT2D eigenvalue weighted by atomic mass is 9.92. The number of rotatable bonds is 2. The molecule has 0 bridgehead atoms. The summed E-state index contributed by atoms with van der Waals surface area (Å²) < 4.78 is 0. The topological polar surface area (TPSA) is 0 Å². The van der Waals surface area contributed by atoms with Gasteiger partial charge in [-0.2, -0.15) is 0 Å². The van der Waals surface area contributed by atoms with Crippen LogP contribution in [-0.2, 0) is 0 Å². The Morgan fingerprint density at radius 3 is 2.29 bits per heavy atom. The third-order valence-corrected chi connectivity index (χ3v) is 3.24. The van der Waals surface area contributed by atoms with E-state index in [1.807, 2.05) is 6.07 Å². The number of hydrogen-bond acceptors (Lipinski definition) is 0. The molecule has 0 fully saturated rings. The van der Waals surface area contributed by atoms with Gasteiger partial charge >= 0.3 is 0 Å². The van der Waals surface area contributed by atoms with E-state index in [1.54, 1.807) is 0 Å². The van der Waals surface area contributed by atoms with Crippen molar-refractivity contribution in [3.63, 3.8) is 0 Å². The highest BCUT2D eigenvalue weighted by atomic mass is 14.2. The van der Waals surface area contributed by atoms with Gasteiger partial charge in [0.05, 0.1) is 0 Å². The van der Waals surface area contributed by atoms with Crippen LogP contribution in [0.3, 0.4) is 0 Å². The third kappa shape index (κ3) is 1.72. The quantitative estimate of drug-likeness (QED) is 0.694. The van der Waals surface area contributed by atoms with Crippen molar-refractivity contribution < 1.29 is 0 Å². The second kappa shape index (κ2) is 4.06. The summed E-state index contributed by atoms with van der Waals surface area (Å²) in [5.74, 6) is 0.403. The van der Waals surface area contributed by atoms with Crippen molar-refractivity contribution in [2.24, 2.45) is 5.92 Å². The van der Waals surface area contributed by atoms with Gasteiger partial charge in [-0.3, -0.25) is 0 Å². The fraction of sp³-hybridized carbons (Fsp3) is 0.0588. The van der Waals surface area contributed by atoms with Gasteiger partial charge in [0.2, 0.25) is 0 Å². The minimum Gasteiger partial charge on any atom is -0.0911 e. The van der Waals surface area contributed by atoms with Crippen LogP contribution in [0.4, 0.5) is 0 Å². The minimum atomic E-state index is 0.403. The molecule has 0 atom stereocenters. The van der Waals surface area contributed by atoms with Gasteiger partial charge in [0.15, 0.2) is 0 Å². The molecule has 1 aromatic carbocycles. The summed E-state index contributed by atoms with van der Waals surface area (Å²) in [5, 5.41) is 0. The van der Waals surface area contributed by atoms with E-state index in [1.165, 1.54) is 16.7 Å². The molecule has 2 aliphatic carbocycles. The van der Waals surface area contributed by atoms with E-state index in [9.17, 15) is 0 Å². The zero-order valence-electron chi connectivity index (χ0n) is 9.64. The van der Waals surface area contributed by atoms with E-state index in [4.69, 9.17) is 0 Å². The molecule has 0 unspecified atom stereocenters. The maximum Gasteiger partial charge on any atom is 0.0211 e. The van der Waals surface area contributed by atoms with Crippen molar-refractivity contribution in [1.82, 2.24) is 0 Å². The van der Waals surface area contributed by atoms with Gasteiger partial charge in [-0.1, -0.05) is 73.4 Å². The lowest BCUT2D eigenvalue weighted by Crippen LogP contribution is -1.95. The second-order valence-corrected chi connectivity index (χ2v) is 4.35. The van der Waals surface area contributed by atoms with Gasteiger partial charge in [0.1, 0.15) is 0 Å². The molecule has 17 heavy (non-hydrogen) atoms. The Morgan fingerprint density at radius 2 is 1.59 bits per heavy atom. The van der Waals surface area contributed by atoms with E-state index in [-0.39, 0.29) is 0 Å². The Balaban J connectivity index is 2.11. The van der Waals surface area contributed by atoms with Crippen molar-refractivity contribution in [2.45, 2.75) is 0 Å². The standard InChI is InChI=1S/C17H14/c1-13-11-12-16(14-7-5-6-8-14)17(13)15-9-3-2-4-10-15/h2-12,14H,1H2. The lowest BCUT2D eigenvalue weighted by Gasteiger charge is -2.12. The molecule has 0 aromatic heterocycles. The average molecular weight is 218 g/mol. The van der Waals surface area contributed by atoms with Crippen LogP contribution in [-0.4, -0.2) is 0 Å². The van der Waals surface area contributed by atoms with E-state index in [0.717, 1.165) is 5.57 Å². The highest BCUT2D eigenvalue weighted by Crippen LogP contribution is 2.37. The van der Waals surface area contributed by atoms with Gasteiger partial charge in [-0.05, 0) is 22.3 Å². The molecule has 82 valence electrons. The molecule has 0 nitrogen and oxygen atoms in total. The Morgan fingerprint density at radius 1 is 0.882 bits per heavy atom. The van der Waals surface area contributed by atoms with Crippen LogP contribution in [0.1, 0.15) is 5.56 Å². The Kier molecular flexibility index (Phi) is 2.41. The molecule has 2 aliphatic rings. The fourth-order valence-electron chi connectivity index (χ4n) is 2.42. The first kappa shape index (κ1) is 10.1.